The average molecular weight is 218 g/mol. The Balaban J connectivity index is 2.33. The van der Waals surface area contributed by atoms with Crippen LogP contribution in [-0.4, -0.2) is 19.1 Å². The van der Waals surface area contributed by atoms with E-state index in [4.69, 9.17) is 10.2 Å². The van der Waals surface area contributed by atoms with Crippen LogP contribution in [0.1, 0.15) is 13.8 Å². The first-order valence-electron chi connectivity index (χ1n) is 5.44. The number of nitrogens with two attached hydrogens (primary N) is 1. The summed E-state index contributed by atoms with van der Waals surface area (Å²) in [5.74, 6) is 0. The number of fused-ring (bicyclic) bond motifs is 1. The van der Waals surface area contributed by atoms with E-state index < -0.39 is 0 Å². The highest BCUT2D eigenvalue weighted by molar-refractivity contribution is 5.90. The molecular formula is C13H18N2O. The predicted octanol–water partition coefficient (Wildman–Crippen LogP) is 2.61. The lowest BCUT2D eigenvalue weighted by Gasteiger charge is -2.27. The molecule has 1 aromatic carbocycles. The molecule has 2 N–H and O–H groups in total. The molecule has 0 amide bonds. The second-order valence-corrected chi connectivity index (χ2v) is 4.96. The minimum atomic E-state index is -0.215. The summed E-state index contributed by atoms with van der Waals surface area (Å²) in [6, 6.07) is 8.03. The van der Waals surface area contributed by atoms with E-state index in [2.05, 4.69) is 11.0 Å². The lowest BCUT2D eigenvalue weighted by atomic mass is 10.1. The Morgan fingerprint density at radius 2 is 2.00 bits per heavy atom. The average Bonchev–Trinajstić information content (AvgIpc) is 2.58. The van der Waals surface area contributed by atoms with Gasteiger partial charge in [0.2, 0.25) is 0 Å². The maximum atomic E-state index is 6.01. The van der Waals surface area contributed by atoms with Crippen LogP contribution in [0, 0.1) is 0 Å². The molecule has 1 heterocycles. The van der Waals surface area contributed by atoms with E-state index in [9.17, 15) is 0 Å². The van der Waals surface area contributed by atoms with Gasteiger partial charge in [-0.05, 0) is 26.0 Å². The molecule has 2 rings (SSSR count). The molecule has 0 bridgehead atoms. The smallest absolute Gasteiger partial charge is 0.136 e. The lowest BCUT2D eigenvalue weighted by Crippen LogP contribution is -2.43. The SMILES string of the molecule is CN(CC(C)(C)N)c1coc2ccccc12. The second kappa shape index (κ2) is 3.83. The highest BCUT2D eigenvalue weighted by Crippen LogP contribution is 2.28. The standard InChI is InChI=1S/C13H18N2O/c1-13(2,14)9-15(3)11-8-16-12-7-5-4-6-10(11)12/h4-8H,9,14H2,1-3H3. The minimum Gasteiger partial charge on any atom is -0.462 e. The molecule has 86 valence electrons. The van der Waals surface area contributed by atoms with Crippen LogP contribution in [0.3, 0.4) is 0 Å². The fraction of sp³-hybridized carbons (Fsp3) is 0.385. The summed E-state index contributed by atoms with van der Waals surface area (Å²) in [6.07, 6.45) is 1.79. The van der Waals surface area contributed by atoms with Gasteiger partial charge in [-0.25, -0.2) is 0 Å². The number of hydrogen-bond donors (Lipinski definition) is 1. The fourth-order valence-corrected chi connectivity index (χ4v) is 1.96. The van der Waals surface area contributed by atoms with Crippen LogP contribution in [0.4, 0.5) is 5.69 Å². The topological polar surface area (TPSA) is 42.4 Å². The molecule has 0 fully saturated rings. The van der Waals surface area contributed by atoms with E-state index in [1.807, 2.05) is 39.1 Å². The Labute approximate surface area is 95.8 Å². The van der Waals surface area contributed by atoms with Crippen molar-refractivity contribution in [2.45, 2.75) is 19.4 Å². The van der Waals surface area contributed by atoms with E-state index in [0.29, 0.717) is 0 Å². The van der Waals surface area contributed by atoms with Gasteiger partial charge in [0, 0.05) is 24.5 Å². The molecule has 0 aliphatic heterocycles. The number of anilines is 1. The summed E-state index contributed by atoms with van der Waals surface area (Å²) in [5.41, 5.74) is 7.81. The van der Waals surface area contributed by atoms with Crippen molar-refractivity contribution in [3.63, 3.8) is 0 Å². The van der Waals surface area contributed by atoms with E-state index >= 15 is 0 Å². The summed E-state index contributed by atoms with van der Waals surface area (Å²) in [6.45, 7) is 4.83. The maximum absolute atomic E-state index is 6.01. The molecule has 0 saturated carbocycles. The summed E-state index contributed by atoms with van der Waals surface area (Å²) >= 11 is 0. The predicted molar refractivity (Wildman–Crippen MR) is 67.8 cm³/mol. The summed E-state index contributed by atoms with van der Waals surface area (Å²) in [5, 5.41) is 1.13. The number of para-hydroxylation sites is 1. The zero-order chi connectivity index (χ0) is 11.8. The molecule has 0 radical (unpaired) electrons. The van der Waals surface area contributed by atoms with Crippen molar-refractivity contribution < 1.29 is 4.42 Å². The van der Waals surface area contributed by atoms with Gasteiger partial charge in [-0.3, -0.25) is 0 Å². The van der Waals surface area contributed by atoms with Crippen LogP contribution in [0.25, 0.3) is 11.0 Å². The third-order valence-electron chi connectivity index (χ3n) is 2.52. The quantitative estimate of drug-likeness (QED) is 0.861. The van der Waals surface area contributed by atoms with Gasteiger partial charge in [0.05, 0.1) is 5.69 Å². The van der Waals surface area contributed by atoms with Crippen LogP contribution < -0.4 is 10.6 Å². The van der Waals surface area contributed by atoms with E-state index in [1.54, 1.807) is 6.26 Å². The van der Waals surface area contributed by atoms with Crippen molar-refractivity contribution in [2.75, 3.05) is 18.5 Å². The molecular weight excluding hydrogens is 200 g/mol. The molecule has 3 nitrogen and oxygen atoms in total. The number of hydrogen-bond acceptors (Lipinski definition) is 3. The third-order valence-corrected chi connectivity index (χ3v) is 2.52. The van der Waals surface area contributed by atoms with Crippen LogP contribution in [0.15, 0.2) is 34.9 Å². The Bertz CT molecular complexity index is 482. The van der Waals surface area contributed by atoms with Crippen LogP contribution in [0.5, 0.6) is 0 Å². The monoisotopic (exact) mass is 218 g/mol. The van der Waals surface area contributed by atoms with E-state index in [-0.39, 0.29) is 5.54 Å². The Kier molecular flexibility index (Phi) is 2.64. The van der Waals surface area contributed by atoms with Gasteiger partial charge in [0.15, 0.2) is 0 Å². The van der Waals surface area contributed by atoms with Gasteiger partial charge in [-0.1, -0.05) is 12.1 Å². The zero-order valence-corrected chi connectivity index (χ0v) is 10.0. The molecule has 0 aliphatic carbocycles. The molecule has 1 aromatic heterocycles. The largest absolute Gasteiger partial charge is 0.462 e. The van der Waals surface area contributed by atoms with E-state index in [1.165, 1.54) is 0 Å². The van der Waals surface area contributed by atoms with E-state index in [0.717, 1.165) is 23.2 Å². The Morgan fingerprint density at radius 3 is 2.69 bits per heavy atom. The maximum Gasteiger partial charge on any atom is 0.136 e. The molecule has 0 atom stereocenters. The highest BCUT2D eigenvalue weighted by atomic mass is 16.3. The molecule has 0 aliphatic rings. The second-order valence-electron chi connectivity index (χ2n) is 4.96. The van der Waals surface area contributed by atoms with Crippen molar-refractivity contribution in [1.82, 2.24) is 0 Å². The Morgan fingerprint density at radius 1 is 1.31 bits per heavy atom. The summed E-state index contributed by atoms with van der Waals surface area (Å²) < 4.78 is 5.50. The Hall–Kier alpha value is -1.48. The molecule has 0 unspecified atom stereocenters. The summed E-state index contributed by atoms with van der Waals surface area (Å²) in [4.78, 5) is 2.13. The molecule has 0 spiro atoms. The first-order valence-corrected chi connectivity index (χ1v) is 5.44. The van der Waals surface area contributed by atoms with Crippen molar-refractivity contribution >= 4 is 16.7 Å². The number of rotatable bonds is 3. The fourth-order valence-electron chi connectivity index (χ4n) is 1.96. The summed E-state index contributed by atoms with van der Waals surface area (Å²) in [7, 11) is 2.03. The molecule has 3 heteroatoms. The number of nitrogens with zero attached hydrogens (tertiary/aromatic N) is 1. The first-order chi connectivity index (χ1) is 7.47. The number of furan rings is 1. The van der Waals surface area contributed by atoms with Gasteiger partial charge in [0.25, 0.3) is 0 Å². The zero-order valence-electron chi connectivity index (χ0n) is 10.0. The third kappa shape index (κ3) is 2.19. The van der Waals surface area contributed by atoms with Crippen LogP contribution >= 0.6 is 0 Å². The molecule has 0 saturated heterocycles. The van der Waals surface area contributed by atoms with Gasteiger partial charge in [0.1, 0.15) is 11.8 Å². The van der Waals surface area contributed by atoms with Crippen molar-refractivity contribution in [2.24, 2.45) is 5.73 Å². The van der Waals surface area contributed by atoms with Gasteiger partial charge < -0.3 is 15.1 Å². The first kappa shape index (κ1) is 11.0. The number of likely N-dealkylation sites (N-methyl/N-ethyl adjacent to an activating group) is 1. The minimum absolute atomic E-state index is 0.215. The molecule has 16 heavy (non-hydrogen) atoms. The van der Waals surface area contributed by atoms with Crippen LogP contribution in [-0.2, 0) is 0 Å². The van der Waals surface area contributed by atoms with Crippen molar-refractivity contribution in [1.29, 1.82) is 0 Å². The van der Waals surface area contributed by atoms with Crippen molar-refractivity contribution in [3.8, 4) is 0 Å². The molecule has 2 aromatic rings. The van der Waals surface area contributed by atoms with Crippen molar-refractivity contribution in [3.05, 3.63) is 30.5 Å². The van der Waals surface area contributed by atoms with Crippen LogP contribution in [0.2, 0.25) is 0 Å². The highest BCUT2D eigenvalue weighted by Gasteiger charge is 2.17. The lowest BCUT2D eigenvalue weighted by molar-refractivity contribution is 0.518. The number of benzene rings is 1. The van der Waals surface area contributed by atoms with Gasteiger partial charge >= 0.3 is 0 Å². The normalized spacial score (nSPS) is 12.0. The van der Waals surface area contributed by atoms with Gasteiger partial charge in [-0.15, -0.1) is 0 Å². The van der Waals surface area contributed by atoms with Gasteiger partial charge in [-0.2, -0.15) is 0 Å².